The van der Waals surface area contributed by atoms with Gasteiger partial charge in [0, 0.05) is 12.0 Å². The maximum atomic E-state index is 13.2. The average molecular weight is 463 g/mol. The molecule has 0 radical (unpaired) electrons. The molecule has 0 saturated heterocycles. The van der Waals surface area contributed by atoms with Gasteiger partial charge in [-0.3, -0.25) is 29.4 Å². The molecule has 0 bridgehead atoms. The molecular weight excluding hydrogens is 442 g/mol. The normalized spacial score (nSPS) is 13.9. The van der Waals surface area contributed by atoms with E-state index >= 15 is 0 Å². The van der Waals surface area contributed by atoms with Crippen molar-refractivity contribution in [1.29, 1.82) is 0 Å². The lowest BCUT2D eigenvalue weighted by atomic mass is 10.1. The van der Waals surface area contributed by atoms with Crippen LogP contribution in [0.2, 0.25) is 0 Å². The van der Waals surface area contributed by atoms with Gasteiger partial charge in [0.2, 0.25) is 5.91 Å². The largest absolute Gasteiger partial charge is 0.334 e. The fourth-order valence-corrected chi connectivity index (χ4v) is 3.73. The number of carbonyl (C=O) groups is 3. The van der Waals surface area contributed by atoms with Crippen LogP contribution >= 0.6 is 0 Å². The summed E-state index contributed by atoms with van der Waals surface area (Å²) in [6, 6.07) is 7.80. The Morgan fingerprint density at radius 1 is 1.09 bits per heavy atom. The van der Waals surface area contributed by atoms with Crippen molar-refractivity contribution >= 4 is 29.1 Å². The average Bonchev–Trinajstić information content (AvgIpc) is 3.38. The van der Waals surface area contributed by atoms with E-state index in [9.17, 15) is 24.5 Å². The number of hydrogen-bond acceptors (Lipinski definition) is 8. The molecule has 4 rings (SSSR count). The molecular formula is C23H21N5O6. The zero-order valence-corrected chi connectivity index (χ0v) is 18.9. The van der Waals surface area contributed by atoms with Crippen LogP contribution in [-0.4, -0.2) is 43.7 Å². The first kappa shape index (κ1) is 22.8. The van der Waals surface area contributed by atoms with Crippen LogP contribution < -0.4 is 5.32 Å². The monoisotopic (exact) mass is 463 g/mol. The molecule has 1 N–H and O–H groups in total. The number of anilines is 1. The Kier molecular flexibility index (Phi) is 5.70. The van der Waals surface area contributed by atoms with Crippen molar-refractivity contribution in [2.24, 2.45) is 0 Å². The lowest BCUT2D eigenvalue weighted by Crippen LogP contribution is -2.45. The summed E-state index contributed by atoms with van der Waals surface area (Å²) in [5.41, 5.74) is 0.659. The van der Waals surface area contributed by atoms with E-state index in [1.807, 2.05) is 13.8 Å². The lowest BCUT2D eigenvalue weighted by molar-refractivity contribution is -0.385. The first-order valence-corrected chi connectivity index (χ1v) is 10.5. The fraction of sp³-hybridized carbons (Fsp3) is 0.261. The van der Waals surface area contributed by atoms with Crippen molar-refractivity contribution in [1.82, 2.24) is 15.0 Å². The van der Waals surface area contributed by atoms with Gasteiger partial charge in [-0.2, -0.15) is 4.98 Å². The lowest BCUT2D eigenvalue weighted by Gasteiger charge is -2.22. The van der Waals surface area contributed by atoms with Crippen molar-refractivity contribution < 1.29 is 23.8 Å². The summed E-state index contributed by atoms with van der Waals surface area (Å²) in [4.78, 5) is 54.7. The van der Waals surface area contributed by atoms with Crippen molar-refractivity contribution in [3.8, 4) is 11.5 Å². The number of rotatable bonds is 6. The summed E-state index contributed by atoms with van der Waals surface area (Å²) in [6.07, 6.45) is 0. The van der Waals surface area contributed by atoms with Crippen molar-refractivity contribution in [3.05, 3.63) is 69.0 Å². The van der Waals surface area contributed by atoms with Gasteiger partial charge in [-0.25, -0.2) is 0 Å². The Morgan fingerprint density at radius 2 is 1.76 bits per heavy atom. The van der Waals surface area contributed by atoms with Gasteiger partial charge in [0.25, 0.3) is 23.4 Å². The molecule has 3 amide bonds. The quantitative estimate of drug-likeness (QED) is 0.330. The van der Waals surface area contributed by atoms with Gasteiger partial charge >= 0.3 is 0 Å². The second kappa shape index (κ2) is 8.50. The van der Waals surface area contributed by atoms with Crippen LogP contribution in [0.1, 0.15) is 58.8 Å². The van der Waals surface area contributed by atoms with Crippen molar-refractivity contribution in [2.45, 2.75) is 39.7 Å². The number of nitro benzene ring substituents is 1. The molecule has 1 aliphatic heterocycles. The molecule has 0 spiro atoms. The van der Waals surface area contributed by atoms with Gasteiger partial charge in [-0.05, 0) is 31.5 Å². The summed E-state index contributed by atoms with van der Waals surface area (Å²) < 4.78 is 5.37. The minimum absolute atomic E-state index is 0.0400. The second-order valence-corrected chi connectivity index (χ2v) is 8.21. The third-order valence-corrected chi connectivity index (χ3v) is 5.60. The smallest absolute Gasteiger partial charge is 0.282 e. The van der Waals surface area contributed by atoms with Gasteiger partial charge in [-0.1, -0.05) is 37.2 Å². The number of carbonyl (C=O) groups excluding carboxylic acids is 3. The molecule has 1 aromatic heterocycles. The molecule has 2 heterocycles. The predicted molar refractivity (Wildman–Crippen MR) is 120 cm³/mol. The summed E-state index contributed by atoms with van der Waals surface area (Å²) >= 11 is 0. The number of benzene rings is 2. The van der Waals surface area contributed by atoms with Crippen LogP contribution in [0.15, 0.2) is 40.9 Å². The number of fused-ring (bicyclic) bond motifs is 1. The topological polar surface area (TPSA) is 149 Å². The van der Waals surface area contributed by atoms with Crippen molar-refractivity contribution in [2.75, 3.05) is 5.32 Å². The maximum absolute atomic E-state index is 13.2. The highest BCUT2D eigenvalue weighted by molar-refractivity contribution is 6.25. The van der Waals surface area contributed by atoms with Crippen LogP contribution in [-0.2, 0) is 4.79 Å². The number of nitro groups is 1. The highest BCUT2D eigenvalue weighted by Crippen LogP contribution is 2.34. The second-order valence-electron chi connectivity index (χ2n) is 8.21. The van der Waals surface area contributed by atoms with Gasteiger partial charge in [-0.15, -0.1) is 0 Å². The SMILES string of the molecule is Cc1cccc(-c2nc(C(C)C)no2)c1NC(=O)C(C)N1C(=O)c2cccc([N+](=O)[O-])c2C1=O. The molecule has 1 atom stereocenters. The Morgan fingerprint density at radius 3 is 2.41 bits per heavy atom. The molecule has 0 aliphatic carbocycles. The zero-order valence-electron chi connectivity index (χ0n) is 18.9. The van der Waals surface area contributed by atoms with Gasteiger partial charge in [0.05, 0.1) is 21.7 Å². The summed E-state index contributed by atoms with van der Waals surface area (Å²) in [5, 5.41) is 18.0. The van der Waals surface area contributed by atoms with E-state index in [0.717, 1.165) is 11.0 Å². The minimum Gasteiger partial charge on any atom is -0.334 e. The number of aromatic nitrogens is 2. The molecule has 2 aromatic carbocycles. The van der Waals surface area contributed by atoms with E-state index in [-0.39, 0.29) is 22.9 Å². The molecule has 3 aromatic rings. The molecule has 11 heteroatoms. The van der Waals surface area contributed by atoms with Crippen LogP contribution in [0.5, 0.6) is 0 Å². The number of amides is 3. The standard InChI is InChI=1S/C23H21N5O6/c1-11(2)19-25-21(34-26-19)15-9-5-7-12(3)18(15)24-20(29)13(4)27-22(30)14-8-6-10-16(28(32)33)17(14)23(27)31/h5-11,13H,1-4H3,(H,24,29). The molecule has 174 valence electrons. The molecule has 34 heavy (non-hydrogen) atoms. The van der Waals surface area contributed by atoms with Gasteiger partial charge in [0.15, 0.2) is 5.82 Å². The molecule has 1 unspecified atom stereocenters. The third kappa shape index (κ3) is 3.70. The van der Waals surface area contributed by atoms with Crippen LogP contribution in [0.25, 0.3) is 11.5 Å². The highest BCUT2D eigenvalue weighted by Gasteiger charge is 2.45. The van der Waals surface area contributed by atoms with E-state index in [1.165, 1.54) is 19.1 Å². The summed E-state index contributed by atoms with van der Waals surface area (Å²) in [5.74, 6) is -1.55. The Labute approximate surface area is 193 Å². The molecule has 0 saturated carbocycles. The van der Waals surface area contributed by atoms with Gasteiger partial charge in [0.1, 0.15) is 11.6 Å². The van der Waals surface area contributed by atoms with Crippen LogP contribution in [0.3, 0.4) is 0 Å². The summed E-state index contributed by atoms with van der Waals surface area (Å²) in [7, 11) is 0. The molecule has 0 fully saturated rings. The molecule has 1 aliphatic rings. The number of nitrogens with zero attached hydrogens (tertiary/aromatic N) is 4. The third-order valence-electron chi connectivity index (χ3n) is 5.60. The first-order chi connectivity index (χ1) is 16.1. The number of nitrogens with one attached hydrogen (secondary N) is 1. The zero-order chi connectivity index (χ0) is 24.7. The maximum Gasteiger partial charge on any atom is 0.282 e. The highest BCUT2D eigenvalue weighted by atomic mass is 16.6. The first-order valence-electron chi connectivity index (χ1n) is 10.5. The number of para-hydroxylation sites is 1. The van der Waals surface area contributed by atoms with Crippen LogP contribution in [0, 0.1) is 17.0 Å². The Hall–Kier alpha value is -4.41. The number of aryl methyl sites for hydroxylation is 1. The van der Waals surface area contributed by atoms with E-state index < -0.39 is 34.4 Å². The van der Waals surface area contributed by atoms with E-state index in [0.29, 0.717) is 22.6 Å². The van der Waals surface area contributed by atoms with Gasteiger partial charge < -0.3 is 9.84 Å². The van der Waals surface area contributed by atoms with Crippen LogP contribution in [0.4, 0.5) is 11.4 Å². The minimum atomic E-state index is -1.24. The van der Waals surface area contributed by atoms with Crippen molar-refractivity contribution in [3.63, 3.8) is 0 Å². The molecule has 11 nitrogen and oxygen atoms in total. The number of imide groups is 1. The number of hydrogen-bond donors (Lipinski definition) is 1. The predicted octanol–water partition coefficient (Wildman–Crippen LogP) is 3.70. The Balaban J connectivity index is 1.64. The summed E-state index contributed by atoms with van der Waals surface area (Å²) in [6.45, 7) is 6.99. The van der Waals surface area contributed by atoms with E-state index in [4.69, 9.17) is 4.52 Å². The Bertz CT molecular complexity index is 1350. The fourth-order valence-electron chi connectivity index (χ4n) is 3.73. The van der Waals surface area contributed by atoms with E-state index in [1.54, 1.807) is 25.1 Å². The van der Waals surface area contributed by atoms with E-state index in [2.05, 4.69) is 15.5 Å².